The van der Waals surface area contributed by atoms with Gasteiger partial charge in [0.2, 0.25) is 5.91 Å². The number of nitrogens with two attached hydrogens (primary N) is 1. The quantitative estimate of drug-likeness (QED) is 0.347. The van der Waals surface area contributed by atoms with Gasteiger partial charge in [0.1, 0.15) is 0 Å². The molecule has 1 fully saturated rings. The van der Waals surface area contributed by atoms with Gasteiger partial charge in [0.25, 0.3) is 0 Å². The molecule has 0 aromatic rings. The maximum absolute atomic E-state index is 12.4. The molecule has 1 saturated heterocycles. The lowest BCUT2D eigenvalue weighted by Gasteiger charge is -2.36. The van der Waals surface area contributed by atoms with Crippen molar-refractivity contribution < 1.29 is 10.0 Å². The summed E-state index contributed by atoms with van der Waals surface area (Å²) in [7, 11) is 0. The molecular weight excluding hydrogens is 230 g/mol. The van der Waals surface area contributed by atoms with E-state index in [4.69, 9.17) is 10.9 Å². The summed E-state index contributed by atoms with van der Waals surface area (Å²) in [6.07, 6.45) is 2.63. The number of carbonyl (C=O) groups excluding carboxylic acids is 1. The van der Waals surface area contributed by atoms with Crippen LogP contribution in [0, 0.1) is 17.8 Å². The Balaban J connectivity index is 2.76. The van der Waals surface area contributed by atoms with Gasteiger partial charge in [-0.1, -0.05) is 32.3 Å². The van der Waals surface area contributed by atoms with Crippen LogP contribution < -0.4 is 5.73 Å². The van der Waals surface area contributed by atoms with Crippen molar-refractivity contribution in [2.75, 3.05) is 13.1 Å². The van der Waals surface area contributed by atoms with E-state index < -0.39 is 5.92 Å². The lowest BCUT2D eigenvalue weighted by atomic mass is 9.90. The van der Waals surface area contributed by atoms with E-state index in [2.05, 4.69) is 19.0 Å². The summed E-state index contributed by atoms with van der Waals surface area (Å²) >= 11 is 0. The van der Waals surface area contributed by atoms with Crippen LogP contribution in [0.3, 0.4) is 0 Å². The number of likely N-dealkylation sites (tertiary alicyclic amines) is 1. The zero-order chi connectivity index (χ0) is 13.7. The summed E-state index contributed by atoms with van der Waals surface area (Å²) < 4.78 is 0. The standard InChI is InChI=1S/C13H25N3O2/c1-4-5-11(12(14)15-18)13(17)16-7-9(2)6-10(3)8-16/h9-11,18H,4-8H2,1-3H3,(H2,14,15). The smallest absolute Gasteiger partial charge is 0.233 e. The molecule has 3 N–H and O–H groups in total. The van der Waals surface area contributed by atoms with Gasteiger partial charge in [-0.3, -0.25) is 4.79 Å². The van der Waals surface area contributed by atoms with Gasteiger partial charge in [-0.25, -0.2) is 0 Å². The van der Waals surface area contributed by atoms with Gasteiger partial charge >= 0.3 is 0 Å². The molecule has 0 aliphatic carbocycles. The van der Waals surface area contributed by atoms with Crippen LogP contribution in [0.25, 0.3) is 0 Å². The summed E-state index contributed by atoms with van der Waals surface area (Å²) in [5.74, 6) is 0.607. The predicted octanol–water partition coefficient (Wildman–Crippen LogP) is 1.65. The average Bonchev–Trinajstić information content (AvgIpc) is 2.33. The molecule has 0 radical (unpaired) electrons. The van der Waals surface area contributed by atoms with Crippen molar-refractivity contribution >= 4 is 11.7 Å². The summed E-state index contributed by atoms with van der Waals surface area (Å²) in [5, 5.41) is 11.8. The number of nitrogens with zero attached hydrogens (tertiary/aromatic N) is 2. The Morgan fingerprint density at radius 3 is 2.44 bits per heavy atom. The van der Waals surface area contributed by atoms with Crippen LogP contribution in [0.1, 0.15) is 40.0 Å². The Morgan fingerprint density at radius 2 is 2.00 bits per heavy atom. The van der Waals surface area contributed by atoms with Crippen LogP contribution in [-0.2, 0) is 4.79 Å². The Bertz CT molecular complexity index is 307. The molecule has 5 heteroatoms. The minimum Gasteiger partial charge on any atom is -0.409 e. The summed E-state index contributed by atoms with van der Waals surface area (Å²) in [6, 6.07) is 0. The van der Waals surface area contributed by atoms with Crippen molar-refractivity contribution in [3.8, 4) is 0 Å². The second kappa shape index (κ2) is 6.61. The van der Waals surface area contributed by atoms with E-state index in [9.17, 15) is 4.79 Å². The van der Waals surface area contributed by atoms with Crippen molar-refractivity contribution in [3.63, 3.8) is 0 Å². The first kappa shape index (κ1) is 14.8. The number of hydrogen-bond donors (Lipinski definition) is 2. The minimum absolute atomic E-state index is 0.00514. The molecule has 0 bridgehead atoms. The lowest BCUT2D eigenvalue weighted by molar-refractivity contribution is -0.136. The highest BCUT2D eigenvalue weighted by Crippen LogP contribution is 2.23. The van der Waals surface area contributed by atoms with E-state index in [1.54, 1.807) is 0 Å². The summed E-state index contributed by atoms with van der Waals surface area (Å²) in [5.41, 5.74) is 5.63. The minimum atomic E-state index is -0.475. The number of amides is 1. The monoisotopic (exact) mass is 255 g/mol. The third-order valence-corrected chi connectivity index (χ3v) is 3.53. The van der Waals surface area contributed by atoms with Crippen LogP contribution in [0.5, 0.6) is 0 Å². The van der Waals surface area contributed by atoms with Gasteiger partial charge in [-0.05, 0) is 24.7 Å². The number of amidine groups is 1. The molecule has 0 saturated carbocycles. The fourth-order valence-corrected chi connectivity index (χ4v) is 2.82. The first-order valence-electron chi connectivity index (χ1n) is 6.75. The molecule has 104 valence electrons. The molecule has 5 nitrogen and oxygen atoms in total. The largest absolute Gasteiger partial charge is 0.409 e. The third kappa shape index (κ3) is 3.62. The second-order valence-corrected chi connectivity index (χ2v) is 5.56. The molecule has 3 unspecified atom stereocenters. The highest BCUT2D eigenvalue weighted by molar-refractivity contribution is 6.02. The number of piperidine rings is 1. The second-order valence-electron chi connectivity index (χ2n) is 5.56. The zero-order valence-electron chi connectivity index (χ0n) is 11.6. The number of rotatable bonds is 4. The molecule has 1 amide bonds. The molecule has 1 rings (SSSR count). The molecule has 1 heterocycles. The van der Waals surface area contributed by atoms with Crippen LogP contribution in [0.4, 0.5) is 0 Å². The molecule has 3 atom stereocenters. The Morgan fingerprint density at radius 1 is 1.44 bits per heavy atom. The topological polar surface area (TPSA) is 78.9 Å². The van der Waals surface area contributed by atoms with Gasteiger partial charge in [-0.15, -0.1) is 0 Å². The van der Waals surface area contributed by atoms with Gasteiger partial charge < -0.3 is 15.8 Å². The average molecular weight is 255 g/mol. The lowest BCUT2D eigenvalue weighted by Crippen LogP contribution is -2.48. The Hall–Kier alpha value is -1.26. The van der Waals surface area contributed by atoms with E-state index in [1.807, 2.05) is 11.8 Å². The van der Waals surface area contributed by atoms with E-state index in [-0.39, 0.29) is 11.7 Å². The molecule has 0 aromatic carbocycles. The maximum atomic E-state index is 12.4. The van der Waals surface area contributed by atoms with Crippen molar-refractivity contribution in [2.45, 2.75) is 40.0 Å². The van der Waals surface area contributed by atoms with Gasteiger partial charge in [0.05, 0.1) is 5.92 Å². The molecular formula is C13H25N3O2. The first-order valence-corrected chi connectivity index (χ1v) is 6.75. The maximum Gasteiger partial charge on any atom is 0.233 e. The molecule has 0 aromatic heterocycles. The Labute approximate surface area is 109 Å². The van der Waals surface area contributed by atoms with Gasteiger partial charge in [0.15, 0.2) is 5.84 Å². The Kier molecular flexibility index (Phi) is 5.44. The molecule has 18 heavy (non-hydrogen) atoms. The molecule has 0 spiro atoms. The molecule has 1 aliphatic rings. The number of carbonyl (C=O) groups is 1. The fraction of sp³-hybridized carbons (Fsp3) is 0.846. The highest BCUT2D eigenvalue weighted by atomic mass is 16.4. The van der Waals surface area contributed by atoms with E-state index >= 15 is 0 Å². The first-order chi connectivity index (χ1) is 8.49. The van der Waals surface area contributed by atoms with Gasteiger partial charge in [0, 0.05) is 13.1 Å². The highest BCUT2D eigenvalue weighted by Gasteiger charge is 2.31. The zero-order valence-corrected chi connectivity index (χ0v) is 11.6. The SMILES string of the molecule is CCCC(C(=O)N1CC(C)CC(C)C1)/C(N)=N/O. The predicted molar refractivity (Wildman–Crippen MR) is 71.3 cm³/mol. The summed E-state index contributed by atoms with van der Waals surface area (Å²) in [6.45, 7) is 7.87. The van der Waals surface area contributed by atoms with Crippen LogP contribution in [0.2, 0.25) is 0 Å². The van der Waals surface area contributed by atoms with Gasteiger partial charge in [-0.2, -0.15) is 0 Å². The van der Waals surface area contributed by atoms with Crippen LogP contribution >= 0.6 is 0 Å². The number of hydrogen-bond acceptors (Lipinski definition) is 3. The van der Waals surface area contributed by atoms with Crippen molar-refractivity contribution in [2.24, 2.45) is 28.6 Å². The van der Waals surface area contributed by atoms with E-state index in [0.29, 0.717) is 18.3 Å². The van der Waals surface area contributed by atoms with Crippen LogP contribution in [0.15, 0.2) is 5.16 Å². The fourth-order valence-electron chi connectivity index (χ4n) is 2.82. The van der Waals surface area contributed by atoms with Crippen molar-refractivity contribution in [3.05, 3.63) is 0 Å². The normalized spacial score (nSPS) is 27.1. The third-order valence-electron chi connectivity index (χ3n) is 3.53. The van der Waals surface area contributed by atoms with E-state index in [0.717, 1.165) is 25.9 Å². The van der Waals surface area contributed by atoms with Crippen molar-refractivity contribution in [1.82, 2.24) is 4.90 Å². The van der Waals surface area contributed by atoms with E-state index in [1.165, 1.54) is 0 Å². The van der Waals surface area contributed by atoms with Crippen LogP contribution in [-0.4, -0.2) is 34.9 Å². The number of oxime groups is 1. The molecule has 1 aliphatic heterocycles. The van der Waals surface area contributed by atoms with Crippen molar-refractivity contribution in [1.29, 1.82) is 0 Å². The summed E-state index contributed by atoms with van der Waals surface area (Å²) in [4.78, 5) is 14.3.